The number of anilines is 1. The van der Waals surface area contributed by atoms with E-state index in [0.29, 0.717) is 38.4 Å². The van der Waals surface area contributed by atoms with Gasteiger partial charge in [0.1, 0.15) is 5.82 Å². The quantitative estimate of drug-likeness (QED) is 0.889. The van der Waals surface area contributed by atoms with Gasteiger partial charge in [-0.25, -0.2) is 4.98 Å². The second-order valence-corrected chi connectivity index (χ2v) is 4.27. The van der Waals surface area contributed by atoms with Crippen molar-refractivity contribution >= 4 is 36.5 Å². The molecule has 19 heavy (non-hydrogen) atoms. The lowest BCUT2D eigenvalue weighted by molar-refractivity contribution is -0.130. The molecule has 1 aromatic heterocycles. The first-order valence-corrected chi connectivity index (χ1v) is 5.77. The standard InChI is InChI=1S/C12H17N3O2.2ClH/c13-9-12(4-7-17-8-5-12)11(16)15-10-3-1-2-6-14-10;;/h1-3,6H,4-5,7-9,13H2,(H,14,15,16);2*1H. The molecule has 0 spiro atoms. The summed E-state index contributed by atoms with van der Waals surface area (Å²) in [5.74, 6) is 0.513. The number of rotatable bonds is 3. The number of hydrogen-bond acceptors (Lipinski definition) is 4. The molecule has 5 nitrogen and oxygen atoms in total. The molecule has 3 N–H and O–H groups in total. The molecule has 0 unspecified atom stereocenters. The fourth-order valence-corrected chi connectivity index (χ4v) is 1.97. The predicted molar refractivity (Wildman–Crippen MR) is 78.9 cm³/mol. The summed E-state index contributed by atoms with van der Waals surface area (Å²) in [5.41, 5.74) is 5.25. The first kappa shape index (κ1) is 18.1. The van der Waals surface area contributed by atoms with Gasteiger partial charge in [-0.2, -0.15) is 0 Å². The minimum Gasteiger partial charge on any atom is -0.381 e. The van der Waals surface area contributed by atoms with Crippen molar-refractivity contribution in [2.24, 2.45) is 11.1 Å². The van der Waals surface area contributed by atoms with Crippen LogP contribution in [0.25, 0.3) is 0 Å². The minimum absolute atomic E-state index is 0. The van der Waals surface area contributed by atoms with Crippen LogP contribution < -0.4 is 11.1 Å². The number of pyridine rings is 1. The Labute approximate surface area is 125 Å². The first-order valence-electron chi connectivity index (χ1n) is 5.77. The lowest BCUT2D eigenvalue weighted by atomic mass is 9.79. The molecule has 1 aliphatic rings. The molecular formula is C12H19Cl2N3O2. The summed E-state index contributed by atoms with van der Waals surface area (Å²) in [4.78, 5) is 16.3. The van der Waals surface area contributed by atoms with E-state index in [-0.39, 0.29) is 30.7 Å². The van der Waals surface area contributed by atoms with Crippen LogP contribution in [-0.2, 0) is 9.53 Å². The maximum absolute atomic E-state index is 12.2. The highest BCUT2D eigenvalue weighted by atomic mass is 35.5. The number of hydrogen-bond donors (Lipinski definition) is 2. The number of carbonyl (C=O) groups is 1. The van der Waals surface area contributed by atoms with E-state index in [1.165, 1.54) is 0 Å². The third-order valence-electron chi connectivity index (χ3n) is 3.23. The molecule has 0 aromatic carbocycles. The zero-order valence-electron chi connectivity index (χ0n) is 10.5. The van der Waals surface area contributed by atoms with Crippen LogP contribution in [0.2, 0.25) is 0 Å². The van der Waals surface area contributed by atoms with Gasteiger partial charge in [-0.05, 0) is 25.0 Å². The molecule has 1 saturated heterocycles. The number of nitrogens with one attached hydrogen (secondary N) is 1. The molecule has 2 rings (SSSR count). The summed E-state index contributed by atoms with van der Waals surface area (Å²) in [7, 11) is 0. The van der Waals surface area contributed by atoms with Gasteiger partial charge in [0.25, 0.3) is 0 Å². The highest BCUT2D eigenvalue weighted by Gasteiger charge is 2.38. The smallest absolute Gasteiger partial charge is 0.233 e. The maximum atomic E-state index is 12.2. The average molecular weight is 308 g/mol. The Balaban J connectivity index is 0.00000162. The van der Waals surface area contributed by atoms with Crippen molar-refractivity contribution in [2.75, 3.05) is 25.1 Å². The second-order valence-electron chi connectivity index (χ2n) is 4.27. The van der Waals surface area contributed by atoms with Crippen LogP contribution in [0.4, 0.5) is 5.82 Å². The number of carbonyl (C=O) groups excluding carboxylic acids is 1. The topological polar surface area (TPSA) is 77.2 Å². The molecule has 0 atom stereocenters. The van der Waals surface area contributed by atoms with Gasteiger partial charge in [-0.1, -0.05) is 6.07 Å². The van der Waals surface area contributed by atoms with E-state index >= 15 is 0 Å². The van der Waals surface area contributed by atoms with Crippen molar-refractivity contribution in [1.82, 2.24) is 4.98 Å². The molecule has 108 valence electrons. The first-order chi connectivity index (χ1) is 8.27. The Morgan fingerprint density at radius 1 is 1.37 bits per heavy atom. The fraction of sp³-hybridized carbons (Fsp3) is 0.500. The zero-order chi connectivity index (χ0) is 12.1. The Hall–Kier alpha value is -0.880. The fourth-order valence-electron chi connectivity index (χ4n) is 1.97. The molecule has 0 aliphatic carbocycles. The maximum Gasteiger partial charge on any atom is 0.233 e. The van der Waals surface area contributed by atoms with E-state index in [2.05, 4.69) is 10.3 Å². The van der Waals surface area contributed by atoms with Gasteiger partial charge < -0.3 is 15.8 Å². The van der Waals surface area contributed by atoms with Crippen LogP contribution in [-0.4, -0.2) is 30.6 Å². The lowest BCUT2D eigenvalue weighted by Gasteiger charge is -2.34. The van der Waals surface area contributed by atoms with Gasteiger partial charge >= 0.3 is 0 Å². The second kappa shape index (κ2) is 8.32. The molecule has 0 radical (unpaired) electrons. The van der Waals surface area contributed by atoms with Crippen LogP contribution in [0, 0.1) is 5.41 Å². The predicted octanol–water partition coefficient (Wildman–Crippen LogP) is 1.62. The van der Waals surface area contributed by atoms with Gasteiger partial charge in [0.05, 0.1) is 5.41 Å². The molecule has 0 bridgehead atoms. The van der Waals surface area contributed by atoms with Crippen LogP contribution >= 0.6 is 24.8 Å². The van der Waals surface area contributed by atoms with E-state index in [1.807, 2.05) is 12.1 Å². The lowest BCUT2D eigenvalue weighted by Crippen LogP contribution is -2.46. The summed E-state index contributed by atoms with van der Waals surface area (Å²) < 4.78 is 5.28. The number of amides is 1. The van der Waals surface area contributed by atoms with Crippen molar-refractivity contribution in [1.29, 1.82) is 0 Å². The summed E-state index contributed by atoms with van der Waals surface area (Å²) in [6.45, 7) is 1.52. The molecule has 7 heteroatoms. The minimum atomic E-state index is -0.504. The molecule has 2 heterocycles. The number of halogens is 2. The van der Waals surface area contributed by atoms with Crippen LogP contribution in [0.1, 0.15) is 12.8 Å². The van der Waals surface area contributed by atoms with E-state index in [9.17, 15) is 4.79 Å². The highest BCUT2D eigenvalue weighted by Crippen LogP contribution is 2.30. The Kier molecular flexibility index (Phi) is 7.94. The molecule has 1 fully saturated rings. The molecule has 0 saturated carbocycles. The average Bonchev–Trinajstić information content (AvgIpc) is 2.40. The Bertz CT molecular complexity index is 384. The molecule has 1 amide bonds. The zero-order valence-corrected chi connectivity index (χ0v) is 12.1. The third-order valence-corrected chi connectivity index (χ3v) is 3.23. The third kappa shape index (κ3) is 4.31. The van der Waals surface area contributed by atoms with Crippen molar-refractivity contribution in [3.8, 4) is 0 Å². The number of nitrogens with zero attached hydrogens (tertiary/aromatic N) is 1. The number of aromatic nitrogens is 1. The number of nitrogens with two attached hydrogens (primary N) is 1. The van der Waals surface area contributed by atoms with E-state index in [1.54, 1.807) is 12.3 Å². The van der Waals surface area contributed by atoms with Crippen molar-refractivity contribution in [2.45, 2.75) is 12.8 Å². The van der Waals surface area contributed by atoms with Crippen molar-refractivity contribution in [3.63, 3.8) is 0 Å². The van der Waals surface area contributed by atoms with E-state index in [4.69, 9.17) is 10.5 Å². The normalized spacial score (nSPS) is 16.7. The van der Waals surface area contributed by atoms with Crippen molar-refractivity contribution in [3.05, 3.63) is 24.4 Å². The van der Waals surface area contributed by atoms with Crippen LogP contribution in [0.5, 0.6) is 0 Å². The number of ether oxygens (including phenoxy) is 1. The van der Waals surface area contributed by atoms with Crippen LogP contribution in [0.3, 0.4) is 0 Å². The highest BCUT2D eigenvalue weighted by molar-refractivity contribution is 5.94. The summed E-state index contributed by atoms with van der Waals surface area (Å²) in [5, 5.41) is 2.82. The van der Waals surface area contributed by atoms with E-state index < -0.39 is 5.41 Å². The van der Waals surface area contributed by atoms with Gasteiger partial charge in [-0.15, -0.1) is 24.8 Å². The van der Waals surface area contributed by atoms with Gasteiger partial charge in [0, 0.05) is 26.0 Å². The monoisotopic (exact) mass is 307 g/mol. The Morgan fingerprint density at radius 3 is 2.58 bits per heavy atom. The summed E-state index contributed by atoms with van der Waals surface area (Å²) in [6, 6.07) is 5.41. The Morgan fingerprint density at radius 2 is 2.05 bits per heavy atom. The summed E-state index contributed by atoms with van der Waals surface area (Å²) in [6.07, 6.45) is 2.99. The molecular weight excluding hydrogens is 289 g/mol. The largest absolute Gasteiger partial charge is 0.381 e. The molecule has 1 aromatic rings. The van der Waals surface area contributed by atoms with Crippen molar-refractivity contribution < 1.29 is 9.53 Å². The summed E-state index contributed by atoms with van der Waals surface area (Å²) >= 11 is 0. The molecule has 1 aliphatic heterocycles. The van der Waals surface area contributed by atoms with Gasteiger partial charge in [0.2, 0.25) is 5.91 Å². The van der Waals surface area contributed by atoms with E-state index in [0.717, 1.165) is 0 Å². The SMILES string of the molecule is Cl.Cl.NCC1(C(=O)Nc2ccccn2)CCOCC1. The van der Waals surface area contributed by atoms with Gasteiger partial charge in [0.15, 0.2) is 0 Å². The van der Waals surface area contributed by atoms with Crippen LogP contribution in [0.15, 0.2) is 24.4 Å². The van der Waals surface area contributed by atoms with Gasteiger partial charge in [-0.3, -0.25) is 4.79 Å².